The van der Waals surface area contributed by atoms with E-state index in [0.29, 0.717) is 6.42 Å². The van der Waals surface area contributed by atoms with Crippen LogP contribution in [0.2, 0.25) is 0 Å². The summed E-state index contributed by atoms with van der Waals surface area (Å²) in [5, 5.41) is 0. The van der Waals surface area contributed by atoms with E-state index in [4.69, 9.17) is 5.73 Å². The van der Waals surface area contributed by atoms with Crippen molar-refractivity contribution in [2.45, 2.75) is 70.8 Å². The van der Waals surface area contributed by atoms with E-state index < -0.39 is 0 Å². The molecule has 1 aromatic carbocycles. The van der Waals surface area contributed by atoms with E-state index in [9.17, 15) is 4.39 Å². The molecule has 0 aliphatic rings. The molecule has 0 aliphatic heterocycles. The summed E-state index contributed by atoms with van der Waals surface area (Å²) in [5.74, 6) is -0.158. The molecule has 2 N–H and O–H groups in total. The largest absolute Gasteiger partial charge is 0.327 e. The molecule has 1 atom stereocenters. The SMILES string of the molecule is CCCCCCCCCC(N)Cc1ccc(Br)cc1F. The first kappa shape index (κ1) is 17.6. The van der Waals surface area contributed by atoms with E-state index in [1.54, 1.807) is 0 Å². The van der Waals surface area contributed by atoms with Crippen LogP contribution in [0.1, 0.15) is 63.9 Å². The molecule has 0 fully saturated rings. The van der Waals surface area contributed by atoms with Crippen molar-refractivity contribution in [1.82, 2.24) is 0 Å². The van der Waals surface area contributed by atoms with Gasteiger partial charge in [-0.05, 0) is 30.5 Å². The fourth-order valence-electron chi connectivity index (χ4n) is 2.44. The maximum absolute atomic E-state index is 13.7. The van der Waals surface area contributed by atoms with Gasteiger partial charge in [0.1, 0.15) is 5.82 Å². The highest BCUT2D eigenvalue weighted by molar-refractivity contribution is 9.10. The minimum Gasteiger partial charge on any atom is -0.327 e. The molecule has 0 saturated heterocycles. The van der Waals surface area contributed by atoms with Gasteiger partial charge in [0.05, 0.1) is 0 Å². The van der Waals surface area contributed by atoms with E-state index in [0.717, 1.165) is 22.9 Å². The molecule has 1 rings (SSSR count). The van der Waals surface area contributed by atoms with E-state index in [2.05, 4.69) is 22.9 Å². The third-order valence-electron chi connectivity index (χ3n) is 3.68. The highest BCUT2D eigenvalue weighted by Gasteiger charge is 2.08. The molecule has 3 heteroatoms. The predicted molar refractivity (Wildman–Crippen MR) is 88.4 cm³/mol. The molecule has 1 aromatic rings. The maximum Gasteiger partial charge on any atom is 0.127 e. The minimum absolute atomic E-state index is 0.0707. The summed E-state index contributed by atoms with van der Waals surface area (Å²) in [6, 6.07) is 5.28. The molecule has 114 valence electrons. The van der Waals surface area contributed by atoms with E-state index >= 15 is 0 Å². The van der Waals surface area contributed by atoms with Crippen LogP contribution >= 0.6 is 15.9 Å². The number of unbranched alkanes of at least 4 members (excludes halogenated alkanes) is 6. The van der Waals surface area contributed by atoms with Gasteiger partial charge in [0.2, 0.25) is 0 Å². The van der Waals surface area contributed by atoms with Gasteiger partial charge in [-0.15, -0.1) is 0 Å². The zero-order chi connectivity index (χ0) is 14.8. The third-order valence-corrected chi connectivity index (χ3v) is 4.17. The monoisotopic (exact) mass is 343 g/mol. The van der Waals surface area contributed by atoms with Gasteiger partial charge < -0.3 is 5.73 Å². The van der Waals surface area contributed by atoms with Crippen LogP contribution in [0.5, 0.6) is 0 Å². The lowest BCUT2D eigenvalue weighted by molar-refractivity contribution is 0.518. The Morgan fingerprint density at radius 1 is 1.10 bits per heavy atom. The van der Waals surface area contributed by atoms with Crippen LogP contribution < -0.4 is 5.73 Å². The lowest BCUT2D eigenvalue weighted by atomic mass is 10.00. The Bertz CT molecular complexity index is 381. The van der Waals surface area contributed by atoms with Gasteiger partial charge in [0.25, 0.3) is 0 Å². The summed E-state index contributed by atoms with van der Waals surface area (Å²) in [4.78, 5) is 0. The van der Waals surface area contributed by atoms with Crippen LogP contribution in [0.15, 0.2) is 22.7 Å². The molecular formula is C17H27BrFN. The maximum atomic E-state index is 13.7. The van der Waals surface area contributed by atoms with Crippen LogP contribution in [-0.4, -0.2) is 6.04 Å². The van der Waals surface area contributed by atoms with E-state index in [1.165, 1.54) is 44.6 Å². The fraction of sp³-hybridized carbons (Fsp3) is 0.647. The molecular weight excluding hydrogens is 317 g/mol. The molecule has 0 bridgehead atoms. The zero-order valence-electron chi connectivity index (χ0n) is 12.5. The number of rotatable bonds is 10. The molecule has 0 aromatic heterocycles. The van der Waals surface area contributed by atoms with Crippen LogP contribution in [0.3, 0.4) is 0 Å². The molecule has 1 unspecified atom stereocenters. The second kappa shape index (κ2) is 10.3. The highest BCUT2D eigenvalue weighted by atomic mass is 79.9. The minimum atomic E-state index is -0.158. The third kappa shape index (κ3) is 7.39. The zero-order valence-corrected chi connectivity index (χ0v) is 14.1. The number of benzene rings is 1. The summed E-state index contributed by atoms with van der Waals surface area (Å²) in [7, 11) is 0. The number of nitrogens with two attached hydrogens (primary N) is 1. The Hall–Kier alpha value is -0.410. The molecule has 0 saturated carbocycles. The normalized spacial score (nSPS) is 12.6. The number of halogens is 2. The van der Waals surface area contributed by atoms with Crippen molar-refractivity contribution in [2.24, 2.45) is 5.73 Å². The standard InChI is InChI=1S/C17H27BrFN/c1-2-3-4-5-6-7-8-9-16(20)12-14-10-11-15(18)13-17(14)19/h10-11,13,16H,2-9,12,20H2,1H3. The molecule has 0 amide bonds. The van der Waals surface area contributed by atoms with Crippen molar-refractivity contribution < 1.29 is 4.39 Å². The Morgan fingerprint density at radius 3 is 2.40 bits per heavy atom. The first-order valence-electron chi connectivity index (χ1n) is 7.83. The number of hydrogen-bond acceptors (Lipinski definition) is 1. The summed E-state index contributed by atoms with van der Waals surface area (Å²) in [5.41, 5.74) is 6.82. The van der Waals surface area contributed by atoms with Crippen LogP contribution in [-0.2, 0) is 6.42 Å². The van der Waals surface area contributed by atoms with E-state index in [1.807, 2.05) is 12.1 Å². The average Bonchev–Trinajstić information content (AvgIpc) is 2.41. The summed E-state index contributed by atoms with van der Waals surface area (Å²) in [6.07, 6.45) is 10.7. The Kier molecular flexibility index (Phi) is 9.12. The lowest BCUT2D eigenvalue weighted by Crippen LogP contribution is -2.23. The first-order valence-corrected chi connectivity index (χ1v) is 8.62. The second-order valence-corrected chi connectivity index (χ2v) is 6.53. The van der Waals surface area contributed by atoms with Crippen molar-refractivity contribution in [3.63, 3.8) is 0 Å². The highest BCUT2D eigenvalue weighted by Crippen LogP contribution is 2.17. The fourth-order valence-corrected chi connectivity index (χ4v) is 2.77. The summed E-state index contributed by atoms with van der Waals surface area (Å²) >= 11 is 3.27. The summed E-state index contributed by atoms with van der Waals surface area (Å²) < 4.78 is 14.5. The first-order chi connectivity index (χ1) is 9.63. The van der Waals surface area contributed by atoms with E-state index in [-0.39, 0.29) is 11.9 Å². The Balaban J connectivity index is 2.15. The Labute approximate surface area is 131 Å². The second-order valence-electron chi connectivity index (χ2n) is 5.61. The Morgan fingerprint density at radius 2 is 1.75 bits per heavy atom. The topological polar surface area (TPSA) is 26.0 Å². The molecule has 0 spiro atoms. The molecule has 20 heavy (non-hydrogen) atoms. The summed E-state index contributed by atoms with van der Waals surface area (Å²) in [6.45, 7) is 2.24. The van der Waals surface area contributed by atoms with Crippen molar-refractivity contribution in [3.8, 4) is 0 Å². The molecule has 0 radical (unpaired) electrons. The van der Waals surface area contributed by atoms with Crippen LogP contribution in [0.25, 0.3) is 0 Å². The predicted octanol–water partition coefficient (Wildman–Crippen LogP) is 5.60. The van der Waals surface area contributed by atoms with Crippen molar-refractivity contribution >= 4 is 15.9 Å². The van der Waals surface area contributed by atoms with Crippen LogP contribution in [0.4, 0.5) is 4.39 Å². The molecule has 0 aliphatic carbocycles. The molecule has 0 heterocycles. The van der Waals surface area contributed by atoms with Crippen LogP contribution in [0, 0.1) is 5.82 Å². The number of hydrogen-bond donors (Lipinski definition) is 1. The van der Waals surface area contributed by atoms with Gasteiger partial charge in [-0.25, -0.2) is 4.39 Å². The lowest BCUT2D eigenvalue weighted by Gasteiger charge is -2.12. The van der Waals surface area contributed by atoms with Gasteiger partial charge >= 0.3 is 0 Å². The van der Waals surface area contributed by atoms with Gasteiger partial charge in [-0.3, -0.25) is 0 Å². The van der Waals surface area contributed by atoms with Gasteiger partial charge in [-0.2, -0.15) is 0 Å². The average molecular weight is 344 g/mol. The van der Waals surface area contributed by atoms with Crippen molar-refractivity contribution in [3.05, 3.63) is 34.1 Å². The quantitative estimate of drug-likeness (QED) is 0.550. The molecule has 1 nitrogen and oxygen atoms in total. The van der Waals surface area contributed by atoms with Gasteiger partial charge in [-0.1, -0.05) is 73.9 Å². The van der Waals surface area contributed by atoms with Crippen molar-refractivity contribution in [2.75, 3.05) is 0 Å². The smallest absolute Gasteiger partial charge is 0.127 e. The van der Waals surface area contributed by atoms with Gasteiger partial charge in [0.15, 0.2) is 0 Å². The van der Waals surface area contributed by atoms with Gasteiger partial charge in [0, 0.05) is 10.5 Å². The van der Waals surface area contributed by atoms with Crippen molar-refractivity contribution in [1.29, 1.82) is 0 Å².